The molecule has 2 aromatic heterocycles. The Morgan fingerprint density at radius 3 is 1.88 bits per heavy atom. The van der Waals surface area contributed by atoms with Crippen molar-refractivity contribution in [3.8, 4) is 33.4 Å². The van der Waals surface area contributed by atoms with Crippen molar-refractivity contribution in [1.82, 2.24) is 4.98 Å². The average Bonchev–Trinajstić information content (AvgIpc) is 3.64. The van der Waals surface area contributed by atoms with Gasteiger partial charge in [-0.3, -0.25) is 0 Å². The van der Waals surface area contributed by atoms with E-state index in [1.807, 2.05) is 12.1 Å². The molecule has 0 amide bonds. The lowest BCUT2D eigenvalue weighted by Gasteiger charge is -2.10. The van der Waals surface area contributed by atoms with Crippen LogP contribution in [0.4, 0.5) is 0 Å². The Labute approximate surface area is 242 Å². The molecule has 0 aliphatic rings. The molecule has 0 radical (unpaired) electrons. The van der Waals surface area contributed by atoms with Gasteiger partial charge in [0.05, 0.1) is 5.52 Å². The third-order valence-electron chi connectivity index (χ3n) is 8.61. The second-order valence-electron chi connectivity index (χ2n) is 11.0. The number of aromatic nitrogens is 1. The van der Waals surface area contributed by atoms with Crippen molar-refractivity contribution in [1.29, 1.82) is 0 Å². The lowest BCUT2D eigenvalue weighted by molar-refractivity contribution is 0.669. The Balaban J connectivity index is 1.19. The van der Waals surface area contributed by atoms with Gasteiger partial charge in [-0.1, -0.05) is 115 Å². The summed E-state index contributed by atoms with van der Waals surface area (Å²) in [6, 6.07) is 52.0. The first-order valence-electron chi connectivity index (χ1n) is 14.4. The first kappa shape index (κ1) is 23.1. The van der Waals surface area contributed by atoms with Crippen molar-refractivity contribution in [2.75, 3.05) is 0 Å². The highest BCUT2D eigenvalue weighted by atomic mass is 16.3. The predicted octanol–water partition coefficient (Wildman–Crippen LogP) is 11.4. The molecule has 0 atom stereocenters. The van der Waals surface area contributed by atoms with Gasteiger partial charge < -0.3 is 9.40 Å². The number of H-pyrrole nitrogens is 1. The summed E-state index contributed by atoms with van der Waals surface area (Å²) in [5, 5.41) is 7.40. The van der Waals surface area contributed by atoms with E-state index < -0.39 is 0 Å². The summed E-state index contributed by atoms with van der Waals surface area (Å²) in [4.78, 5) is 3.75. The zero-order valence-electron chi connectivity index (χ0n) is 22.8. The summed E-state index contributed by atoms with van der Waals surface area (Å²) in [5.74, 6) is 0. The molecule has 7 aromatic carbocycles. The van der Waals surface area contributed by atoms with E-state index >= 15 is 0 Å². The number of hydrogen-bond acceptors (Lipinski definition) is 1. The van der Waals surface area contributed by atoms with E-state index in [0.29, 0.717) is 0 Å². The van der Waals surface area contributed by atoms with E-state index in [-0.39, 0.29) is 0 Å². The molecule has 2 heteroatoms. The van der Waals surface area contributed by atoms with E-state index in [4.69, 9.17) is 4.42 Å². The summed E-state index contributed by atoms with van der Waals surface area (Å²) in [6.07, 6.45) is 0. The van der Waals surface area contributed by atoms with Gasteiger partial charge in [-0.2, -0.15) is 0 Å². The number of furan rings is 1. The van der Waals surface area contributed by atoms with E-state index in [1.165, 1.54) is 66.0 Å². The second kappa shape index (κ2) is 8.95. The summed E-state index contributed by atoms with van der Waals surface area (Å²) < 4.78 is 6.17. The molecule has 1 N–H and O–H groups in total. The van der Waals surface area contributed by atoms with E-state index in [0.717, 1.165) is 21.9 Å². The third-order valence-corrected chi connectivity index (χ3v) is 8.61. The minimum Gasteiger partial charge on any atom is -0.456 e. The van der Waals surface area contributed by atoms with Gasteiger partial charge >= 0.3 is 0 Å². The monoisotopic (exact) mass is 535 g/mol. The van der Waals surface area contributed by atoms with Crippen LogP contribution >= 0.6 is 0 Å². The number of para-hydroxylation sites is 2. The maximum Gasteiger partial charge on any atom is 0.136 e. The van der Waals surface area contributed by atoms with E-state index in [9.17, 15) is 0 Å². The molecule has 196 valence electrons. The summed E-state index contributed by atoms with van der Waals surface area (Å²) in [7, 11) is 0. The molecule has 2 nitrogen and oxygen atoms in total. The topological polar surface area (TPSA) is 28.9 Å². The van der Waals surface area contributed by atoms with Crippen molar-refractivity contribution in [3.63, 3.8) is 0 Å². The summed E-state index contributed by atoms with van der Waals surface area (Å²) >= 11 is 0. The Kier molecular flexibility index (Phi) is 4.93. The van der Waals surface area contributed by atoms with Crippen LogP contribution in [0.2, 0.25) is 0 Å². The molecule has 0 aliphatic carbocycles. The van der Waals surface area contributed by atoms with Crippen molar-refractivity contribution >= 4 is 54.5 Å². The van der Waals surface area contributed by atoms with Crippen LogP contribution in [0.3, 0.4) is 0 Å². The average molecular weight is 536 g/mol. The van der Waals surface area contributed by atoms with E-state index in [1.54, 1.807) is 0 Å². The number of benzene rings is 7. The quantitative estimate of drug-likeness (QED) is 0.239. The van der Waals surface area contributed by atoms with Crippen LogP contribution in [0.25, 0.3) is 87.9 Å². The van der Waals surface area contributed by atoms with Crippen LogP contribution < -0.4 is 0 Å². The molecular weight excluding hydrogens is 510 g/mol. The van der Waals surface area contributed by atoms with Crippen molar-refractivity contribution in [2.24, 2.45) is 0 Å². The predicted molar refractivity (Wildman–Crippen MR) is 177 cm³/mol. The molecule has 0 unspecified atom stereocenters. The summed E-state index contributed by atoms with van der Waals surface area (Å²) in [6.45, 7) is 0. The van der Waals surface area contributed by atoms with Crippen LogP contribution in [0.1, 0.15) is 0 Å². The Morgan fingerprint density at radius 2 is 1.02 bits per heavy atom. The number of rotatable bonds is 3. The standard InChI is InChI=1S/C40H25NO/c1-2-14-30-25(9-1)21-22-35-38(30)34-18-7-17-32(40(34)41-35)29-13-6-11-27(24-29)26-10-5-12-28(23-26)31-16-8-20-37-39(31)33-15-3-4-19-36(33)42-37/h1-24,41H. The molecule has 2 heterocycles. The molecule has 9 rings (SSSR count). The molecule has 0 spiro atoms. The van der Waals surface area contributed by atoms with Crippen LogP contribution in [-0.2, 0) is 0 Å². The van der Waals surface area contributed by atoms with Crippen LogP contribution in [0.15, 0.2) is 150 Å². The SMILES string of the molecule is c1cc(-c2cccc(-c3cccc4oc5ccccc5c34)c2)cc(-c2cccc3c2[nH]c2ccc4ccccc4c23)c1. The number of nitrogens with one attached hydrogen (secondary N) is 1. The number of hydrogen-bond donors (Lipinski definition) is 1. The van der Waals surface area contributed by atoms with Gasteiger partial charge in [-0.15, -0.1) is 0 Å². The van der Waals surface area contributed by atoms with Gasteiger partial charge in [-0.05, 0) is 68.9 Å². The fourth-order valence-corrected chi connectivity index (χ4v) is 6.68. The van der Waals surface area contributed by atoms with Gasteiger partial charge in [0.2, 0.25) is 0 Å². The fraction of sp³-hybridized carbons (Fsp3) is 0. The van der Waals surface area contributed by atoms with Crippen LogP contribution in [0.5, 0.6) is 0 Å². The minimum absolute atomic E-state index is 0.917. The first-order chi connectivity index (χ1) is 20.8. The normalized spacial score (nSPS) is 11.8. The smallest absolute Gasteiger partial charge is 0.136 e. The van der Waals surface area contributed by atoms with Gasteiger partial charge in [0, 0.05) is 32.6 Å². The molecule has 0 saturated heterocycles. The van der Waals surface area contributed by atoms with Crippen molar-refractivity contribution in [2.45, 2.75) is 0 Å². The van der Waals surface area contributed by atoms with Crippen LogP contribution in [-0.4, -0.2) is 4.98 Å². The van der Waals surface area contributed by atoms with Gasteiger partial charge in [0.25, 0.3) is 0 Å². The Morgan fingerprint density at radius 1 is 0.405 bits per heavy atom. The molecule has 0 aliphatic heterocycles. The second-order valence-corrected chi connectivity index (χ2v) is 11.0. The maximum atomic E-state index is 6.17. The third kappa shape index (κ3) is 3.45. The van der Waals surface area contributed by atoms with Gasteiger partial charge in [-0.25, -0.2) is 0 Å². The fourth-order valence-electron chi connectivity index (χ4n) is 6.68. The van der Waals surface area contributed by atoms with Crippen LogP contribution in [0, 0.1) is 0 Å². The highest BCUT2D eigenvalue weighted by Crippen LogP contribution is 2.40. The van der Waals surface area contributed by atoms with Gasteiger partial charge in [0.1, 0.15) is 11.2 Å². The van der Waals surface area contributed by atoms with Crippen molar-refractivity contribution < 1.29 is 4.42 Å². The molecule has 0 bridgehead atoms. The molecule has 0 fully saturated rings. The lowest BCUT2D eigenvalue weighted by Crippen LogP contribution is -1.85. The zero-order valence-corrected chi connectivity index (χ0v) is 22.8. The number of aromatic amines is 1. The molecular formula is C40H25NO. The summed E-state index contributed by atoms with van der Waals surface area (Å²) in [5.41, 5.74) is 11.3. The minimum atomic E-state index is 0.917. The molecule has 9 aromatic rings. The maximum absolute atomic E-state index is 6.17. The highest BCUT2D eigenvalue weighted by Gasteiger charge is 2.14. The Hall–Kier alpha value is -5.60. The zero-order chi connectivity index (χ0) is 27.6. The highest BCUT2D eigenvalue weighted by molar-refractivity contribution is 6.22. The lowest BCUT2D eigenvalue weighted by atomic mass is 9.94. The number of fused-ring (bicyclic) bond motifs is 8. The first-order valence-corrected chi connectivity index (χ1v) is 14.4. The van der Waals surface area contributed by atoms with Gasteiger partial charge in [0.15, 0.2) is 0 Å². The van der Waals surface area contributed by atoms with E-state index in [2.05, 4.69) is 138 Å². The molecule has 42 heavy (non-hydrogen) atoms. The largest absolute Gasteiger partial charge is 0.456 e. The molecule has 0 saturated carbocycles. The van der Waals surface area contributed by atoms with Crippen molar-refractivity contribution in [3.05, 3.63) is 146 Å². The Bertz CT molecular complexity index is 2470.